The summed E-state index contributed by atoms with van der Waals surface area (Å²) in [6, 6.07) is 25.2. The maximum absolute atomic E-state index is 14.6. The minimum absolute atomic E-state index is 0.253. The summed E-state index contributed by atoms with van der Waals surface area (Å²) in [5.74, 6) is -0.253. The van der Waals surface area contributed by atoms with Crippen molar-refractivity contribution in [2.45, 2.75) is 13.3 Å². The monoisotopic (exact) mass is 368 g/mol. The molecule has 0 unspecified atom stereocenters. The van der Waals surface area contributed by atoms with Crippen LogP contribution >= 0.6 is 0 Å². The number of benzene rings is 3. The molecule has 0 aliphatic carbocycles. The van der Waals surface area contributed by atoms with Crippen molar-refractivity contribution >= 4 is 6.08 Å². The molecule has 0 amide bonds. The second-order valence-electron chi connectivity index (χ2n) is 6.56. The van der Waals surface area contributed by atoms with Crippen molar-refractivity contribution in [3.8, 4) is 28.1 Å². The van der Waals surface area contributed by atoms with Crippen molar-refractivity contribution in [3.63, 3.8) is 0 Å². The van der Waals surface area contributed by atoms with E-state index in [-0.39, 0.29) is 5.82 Å². The third kappa shape index (κ3) is 3.52. The minimum Gasteiger partial charge on any atom is -0.232 e. The Morgan fingerprint density at radius 3 is 2.25 bits per heavy atom. The molecule has 0 radical (unpaired) electrons. The van der Waals surface area contributed by atoms with Crippen LogP contribution in [0.5, 0.6) is 0 Å². The summed E-state index contributed by atoms with van der Waals surface area (Å²) in [6.45, 7) is 2.08. The summed E-state index contributed by atoms with van der Waals surface area (Å²) < 4.78 is 16.4. The summed E-state index contributed by atoms with van der Waals surface area (Å²) >= 11 is 0. The van der Waals surface area contributed by atoms with E-state index in [0.717, 1.165) is 34.5 Å². The van der Waals surface area contributed by atoms with E-state index in [1.807, 2.05) is 47.2 Å². The van der Waals surface area contributed by atoms with E-state index in [1.165, 1.54) is 6.07 Å². The van der Waals surface area contributed by atoms with E-state index < -0.39 is 0 Å². The average molecular weight is 368 g/mol. The van der Waals surface area contributed by atoms with E-state index in [2.05, 4.69) is 42.4 Å². The molecule has 0 saturated heterocycles. The lowest BCUT2D eigenvalue weighted by Gasteiger charge is -2.11. The van der Waals surface area contributed by atoms with Crippen LogP contribution in [0.4, 0.5) is 4.39 Å². The summed E-state index contributed by atoms with van der Waals surface area (Å²) in [7, 11) is 0. The molecule has 0 fully saturated rings. The molecule has 0 saturated carbocycles. The molecule has 4 aromatic rings. The predicted molar refractivity (Wildman–Crippen MR) is 114 cm³/mol. The first kappa shape index (κ1) is 17.9. The molecule has 1 heterocycles. The molecular formula is C25H21FN2. The predicted octanol–water partition coefficient (Wildman–Crippen LogP) is 6.77. The Balaban J connectivity index is 1.81. The third-order valence-corrected chi connectivity index (χ3v) is 4.68. The van der Waals surface area contributed by atoms with Crippen LogP contribution in [0.2, 0.25) is 0 Å². The van der Waals surface area contributed by atoms with Gasteiger partial charge >= 0.3 is 0 Å². The maximum Gasteiger partial charge on any atom is 0.132 e. The smallest absolute Gasteiger partial charge is 0.132 e. The number of hydrogen-bond acceptors (Lipinski definition) is 1. The number of halogens is 1. The molecule has 138 valence electrons. The van der Waals surface area contributed by atoms with Crippen LogP contribution in [0.15, 0.2) is 91.1 Å². The van der Waals surface area contributed by atoms with Gasteiger partial charge in [0.1, 0.15) is 5.82 Å². The fourth-order valence-corrected chi connectivity index (χ4v) is 3.27. The molecule has 0 spiro atoms. The number of nitrogens with zero attached hydrogens (tertiary/aromatic N) is 2. The van der Waals surface area contributed by atoms with Crippen LogP contribution in [-0.4, -0.2) is 9.78 Å². The molecule has 0 N–H and O–H groups in total. The molecule has 3 aromatic carbocycles. The van der Waals surface area contributed by atoms with Gasteiger partial charge in [0.25, 0.3) is 0 Å². The fourth-order valence-electron chi connectivity index (χ4n) is 3.27. The highest BCUT2D eigenvalue weighted by Gasteiger charge is 2.16. The SMILES string of the molecule is CC/C=C/c1cnn(-c2ccc(-c3ccccc3)cc2)c1-c1ccccc1F. The molecule has 0 aliphatic heterocycles. The zero-order valence-corrected chi connectivity index (χ0v) is 15.7. The van der Waals surface area contributed by atoms with E-state index in [4.69, 9.17) is 0 Å². The van der Waals surface area contributed by atoms with Crippen LogP contribution in [-0.2, 0) is 0 Å². The molecule has 0 atom stereocenters. The molecule has 1 aromatic heterocycles. The molecule has 0 bridgehead atoms. The van der Waals surface area contributed by atoms with E-state index in [9.17, 15) is 4.39 Å². The van der Waals surface area contributed by atoms with Gasteiger partial charge in [0, 0.05) is 11.1 Å². The van der Waals surface area contributed by atoms with Crippen LogP contribution in [0, 0.1) is 5.82 Å². The van der Waals surface area contributed by atoms with Crippen molar-refractivity contribution in [1.82, 2.24) is 9.78 Å². The largest absolute Gasteiger partial charge is 0.232 e. The van der Waals surface area contributed by atoms with Crippen LogP contribution in [0.25, 0.3) is 34.1 Å². The maximum atomic E-state index is 14.6. The molecule has 3 heteroatoms. The van der Waals surface area contributed by atoms with Crippen molar-refractivity contribution in [3.05, 3.63) is 103 Å². The Labute approximate surface area is 164 Å². The standard InChI is InChI=1S/C25H21FN2/c1-2-3-9-21-18-27-28(25(21)23-12-7-8-13-24(23)26)22-16-14-20(15-17-22)19-10-5-4-6-11-19/h3-18H,2H2,1H3/b9-3+. The van der Waals surface area contributed by atoms with Crippen molar-refractivity contribution in [1.29, 1.82) is 0 Å². The van der Waals surface area contributed by atoms with Crippen molar-refractivity contribution < 1.29 is 4.39 Å². The zero-order chi connectivity index (χ0) is 19.3. The van der Waals surface area contributed by atoms with E-state index in [0.29, 0.717) is 5.56 Å². The van der Waals surface area contributed by atoms with Gasteiger partial charge in [0.05, 0.1) is 17.6 Å². The van der Waals surface area contributed by atoms with Gasteiger partial charge < -0.3 is 0 Å². The van der Waals surface area contributed by atoms with Gasteiger partial charge in [-0.3, -0.25) is 0 Å². The lowest BCUT2D eigenvalue weighted by molar-refractivity contribution is 0.629. The minimum atomic E-state index is -0.253. The van der Waals surface area contributed by atoms with E-state index in [1.54, 1.807) is 18.3 Å². The van der Waals surface area contributed by atoms with Crippen LogP contribution in [0.1, 0.15) is 18.9 Å². The fraction of sp³-hybridized carbons (Fsp3) is 0.0800. The van der Waals surface area contributed by atoms with Gasteiger partial charge in [-0.05, 0) is 41.8 Å². The molecule has 28 heavy (non-hydrogen) atoms. The Morgan fingerprint density at radius 1 is 0.857 bits per heavy atom. The topological polar surface area (TPSA) is 17.8 Å². The summed E-state index contributed by atoms with van der Waals surface area (Å²) in [5.41, 5.74) is 5.40. The summed E-state index contributed by atoms with van der Waals surface area (Å²) in [4.78, 5) is 0. The first-order valence-corrected chi connectivity index (χ1v) is 9.43. The normalized spacial score (nSPS) is 11.2. The van der Waals surface area contributed by atoms with Gasteiger partial charge in [0.2, 0.25) is 0 Å². The average Bonchev–Trinajstić information content (AvgIpc) is 3.17. The van der Waals surface area contributed by atoms with E-state index >= 15 is 0 Å². The van der Waals surface area contributed by atoms with Crippen LogP contribution in [0.3, 0.4) is 0 Å². The zero-order valence-electron chi connectivity index (χ0n) is 15.7. The van der Waals surface area contributed by atoms with Gasteiger partial charge in [-0.2, -0.15) is 5.10 Å². The highest BCUT2D eigenvalue weighted by molar-refractivity contribution is 5.74. The summed E-state index contributed by atoms with van der Waals surface area (Å²) in [6.07, 6.45) is 6.76. The Kier molecular flexibility index (Phi) is 5.16. The molecule has 2 nitrogen and oxygen atoms in total. The molecule has 0 aliphatic rings. The molecule has 4 rings (SSSR count). The van der Waals surface area contributed by atoms with Gasteiger partial charge in [0.15, 0.2) is 0 Å². The molecular weight excluding hydrogens is 347 g/mol. The first-order valence-electron chi connectivity index (χ1n) is 9.43. The van der Waals surface area contributed by atoms with Crippen molar-refractivity contribution in [2.75, 3.05) is 0 Å². The van der Waals surface area contributed by atoms with Crippen molar-refractivity contribution in [2.24, 2.45) is 0 Å². The first-order chi connectivity index (χ1) is 13.8. The van der Waals surface area contributed by atoms with Crippen LogP contribution < -0.4 is 0 Å². The van der Waals surface area contributed by atoms with Gasteiger partial charge in [-0.25, -0.2) is 9.07 Å². The lowest BCUT2D eigenvalue weighted by Crippen LogP contribution is -2.00. The number of rotatable bonds is 5. The lowest BCUT2D eigenvalue weighted by atomic mass is 10.0. The number of hydrogen-bond donors (Lipinski definition) is 0. The Morgan fingerprint density at radius 2 is 1.54 bits per heavy atom. The van der Waals surface area contributed by atoms with Gasteiger partial charge in [-0.15, -0.1) is 0 Å². The second-order valence-corrected chi connectivity index (χ2v) is 6.56. The Hall–Kier alpha value is -3.46. The van der Waals surface area contributed by atoms with Gasteiger partial charge in [-0.1, -0.05) is 73.7 Å². The highest BCUT2D eigenvalue weighted by Crippen LogP contribution is 2.30. The Bertz CT molecular complexity index is 1090. The number of allylic oxidation sites excluding steroid dienone is 1. The summed E-state index contributed by atoms with van der Waals surface area (Å²) in [5, 5.41) is 4.56. The highest BCUT2D eigenvalue weighted by atomic mass is 19.1. The quantitative estimate of drug-likeness (QED) is 0.380. The number of aromatic nitrogens is 2. The second kappa shape index (κ2) is 8.05. The third-order valence-electron chi connectivity index (χ3n) is 4.68.